The number of thiophene rings is 1. The average Bonchev–Trinajstić information content (AvgIpc) is 3.55. The fourth-order valence-electron chi connectivity index (χ4n) is 10.4. The second-order valence-corrected chi connectivity index (χ2v) is 22.1. The predicted octanol–water partition coefficient (Wildman–Crippen LogP) is 13.7. The molecule has 1 aliphatic carbocycles. The lowest BCUT2D eigenvalue weighted by Crippen LogP contribution is -2.62. The Labute approximate surface area is 351 Å². The van der Waals surface area contributed by atoms with Gasteiger partial charge in [-0.15, -0.1) is 11.3 Å². The SMILES string of the molecule is Cc1cc(C(C)(C)C)ccc1N1c2cc3c(cc2B2c4ccc5c(sc6ccccc65)c4N(c4ccccc4C)c4cc(C(C)(C)C)cc1c42)C(C)(C)CCC3(C)C. The molecular weight excluding hydrogens is 719 g/mol. The van der Waals surface area contributed by atoms with Crippen LogP contribution >= 0.6 is 11.3 Å². The maximum absolute atomic E-state index is 2.68. The molecule has 2 aliphatic heterocycles. The van der Waals surface area contributed by atoms with Gasteiger partial charge < -0.3 is 9.80 Å². The minimum absolute atomic E-state index is 0.0594. The fourth-order valence-corrected chi connectivity index (χ4v) is 11.7. The van der Waals surface area contributed by atoms with Gasteiger partial charge >= 0.3 is 0 Å². The molecule has 2 nitrogen and oxygen atoms in total. The van der Waals surface area contributed by atoms with Crippen LogP contribution in [0.25, 0.3) is 20.2 Å². The zero-order chi connectivity index (χ0) is 40.8. The van der Waals surface area contributed by atoms with E-state index < -0.39 is 0 Å². The molecule has 3 aliphatic rings. The number of aryl methyl sites for hydroxylation is 2. The number of benzene rings is 6. The van der Waals surface area contributed by atoms with E-state index in [-0.39, 0.29) is 28.4 Å². The topological polar surface area (TPSA) is 6.48 Å². The van der Waals surface area contributed by atoms with Gasteiger partial charge in [-0.2, -0.15) is 0 Å². The van der Waals surface area contributed by atoms with Gasteiger partial charge in [0.1, 0.15) is 0 Å². The average molecular weight is 777 g/mol. The van der Waals surface area contributed by atoms with Crippen molar-refractivity contribution in [3.63, 3.8) is 0 Å². The van der Waals surface area contributed by atoms with Gasteiger partial charge in [0.05, 0.1) is 10.4 Å². The minimum Gasteiger partial charge on any atom is -0.311 e. The van der Waals surface area contributed by atoms with Crippen molar-refractivity contribution in [3.05, 3.63) is 137 Å². The van der Waals surface area contributed by atoms with Crippen LogP contribution in [0.1, 0.15) is 115 Å². The van der Waals surface area contributed by atoms with Crippen LogP contribution in [-0.2, 0) is 21.7 Å². The highest BCUT2D eigenvalue weighted by atomic mass is 32.1. The lowest BCUT2D eigenvalue weighted by atomic mass is 9.33. The van der Waals surface area contributed by atoms with Crippen molar-refractivity contribution in [2.24, 2.45) is 0 Å². The molecule has 0 N–H and O–H groups in total. The van der Waals surface area contributed by atoms with Crippen LogP contribution in [0.2, 0.25) is 0 Å². The van der Waals surface area contributed by atoms with Gasteiger partial charge in [0, 0.05) is 43.9 Å². The summed E-state index contributed by atoms with van der Waals surface area (Å²) in [6.07, 6.45) is 2.37. The Balaban J connectivity index is 1.40. The number of anilines is 6. The molecule has 6 aromatic carbocycles. The van der Waals surface area contributed by atoms with Crippen molar-refractivity contribution in [2.75, 3.05) is 9.80 Å². The van der Waals surface area contributed by atoms with Crippen molar-refractivity contribution in [1.29, 1.82) is 0 Å². The molecule has 0 atom stereocenters. The number of hydrogen-bond acceptors (Lipinski definition) is 3. The first-order valence-electron chi connectivity index (χ1n) is 21.4. The van der Waals surface area contributed by atoms with Crippen molar-refractivity contribution >= 4 is 88.7 Å². The third kappa shape index (κ3) is 5.43. The zero-order valence-corrected chi connectivity index (χ0v) is 37.4. The predicted molar refractivity (Wildman–Crippen MR) is 256 cm³/mol. The molecule has 10 rings (SSSR count). The summed E-state index contributed by atoms with van der Waals surface area (Å²) >= 11 is 1.95. The number of fused-ring (bicyclic) bond motifs is 9. The maximum Gasteiger partial charge on any atom is 0.252 e. The molecule has 0 fully saturated rings. The molecule has 4 heteroatoms. The van der Waals surface area contributed by atoms with E-state index in [4.69, 9.17) is 0 Å². The third-order valence-corrected chi connectivity index (χ3v) is 15.3. The largest absolute Gasteiger partial charge is 0.311 e. The van der Waals surface area contributed by atoms with E-state index in [1.165, 1.54) is 117 Å². The summed E-state index contributed by atoms with van der Waals surface area (Å²) in [5.74, 6) is 0. The Kier molecular flexibility index (Phi) is 7.99. The van der Waals surface area contributed by atoms with E-state index in [0.29, 0.717) is 0 Å². The zero-order valence-electron chi connectivity index (χ0n) is 36.6. The molecular formula is C54H57BN2S. The lowest BCUT2D eigenvalue weighted by molar-refractivity contribution is 0.332. The molecule has 1 aromatic heterocycles. The van der Waals surface area contributed by atoms with Crippen LogP contribution in [0, 0.1) is 13.8 Å². The second-order valence-electron chi connectivity index (χ2n) is 21.0. The van der Waals surface area contributed by atoms with Crippen LogP contribution in [0.15, 0.2) is 103 Å². The Bertz CT molecular complexity index is 2860. The van der Waals surface area contributed by atoms with Crippen LogP contribution in [-0.4, -0.2) is 6.71 Å². The molecule has 3 heterocycles. The van der Waals surface area contributed by atoms with E-state index in [9.17, 15) is 0 Å². The molecule has 0 saturated heterocycles. The van der Waals surface area contributed by atoms with Crippen molar-refractivity contribution in [1.82, 2.24) is 0 Å². The molecule has 0 unspecified atom stereocenters. The Morgan fingerprint density at radius 3 is 1.83 bits per heavy atom. The first-order valence-corrected chi connectivity index (χ1v) is 22.3. The van der Waals surface area contributed by atoms with Crippen LogP contribution in [0.3, 0.4) is 0 Å². The monoisotopic (exact) mass is 776 g/mol. The molecule has 0 radical (unpaired) electrons. The molecule has 292 valence electrons. The molecule has 0 amide bonds. The highest BCUT2D eigenvalue weighted by molar-refractivity contribution is 7.26. The number of hydrogen-bond donors (Lipinski definition) is 0. The summed E-state index contributed by atoms with van der Waals surface area (Å²) in [6.45, 7) is 28.7. The van der Waals surface area contributed by atoms with Crippen LogP contribution in [0.4, 0.5) is 34.1 Å². The quantitative estimate of drug-likeness (QED) is 0.161. The second kappa shape index (κ2) is 12.4. The number of rotatable bonds is 2. The number of para-hydroxylation sites is 1. The Morgan fingerprint density at radius 1 is 0.534 bits per heavy atom. The molecule has 0 spiro atoms. The Morgan fingerprint density at radius 2 is 1.16 bits per heavy atom. The summed E-state index contributed by atoms with van der Waals surface area (Å²) in [6, 6.07) is 40.6. The van der Waals surface area contributed by atoms with E-state index in [2.05, 4.69) is 196 Å². The summed E-state index contributed by atoms with van der Waals surface area (Å²) < 4.78 is 2.71. The van der Waals surface area contributed by atoms with Gasteiger partial charge in [-0.3, -0.25) is 0 Å². The summed E-state index contributed by atoms with van der Waals surface area (Å²) in [5, 5.41) is 2.68. The lowest BCUT2D eigenvalue weighted by Gasteiger charge is -2.48. The van der Waals surface area contributed by atoms with Gasteiger partial charge in [0.25, 0.3) is 6.71 Å². The van der Waals surface area contributed by atoms with Gasteiger partial charge in [-0.25, -0.2) is 0 Å². The highest BCUT2D eigenvalue weighted by Crippen LogP contribution is 2.53. The van der Waals surface area contributed by atoms with Crippen molar-refractivity contribution < 1.29 is 0 Å². The van der Waals surface area contributed by atoms with E-state index >= 15 is 0 Å². The standard InChI is InChI=1S/C54H57BN2S/c1-32-17-13-15-19-42(32)57-46-29-35(52(6,7)8)28-45-48(46)55(40-23-22-37-36-18-14-16-20-47(36)58-50(37)49(40)57)41-30-38-39(54(11,12)26-25-53(38,9)10)31-44(41)56(45)43-24-21-34(27-33(43)2)51(3,4)5/h13-24,27-31H,25-26H2,1-12H3. The first-order chi connectivity index (χ1) is 27.3. The number of nitrogens with zero attached hydrogens (tertiary/aromatic N) is 2. The van der Waals surface area contributed by atoms with E-state index in [1.54, 1.807) is 0 Å². The van der Waals surface area contributed by atoms with Gasteiger partial charge in [0.2, 0.25) is 0 Å². The smallest absolute Gasteiger partial charge is 0.252 e. The molecule has 0 bridgehead atoms. The maximum atomic E-state index is 2.68. The van der Waals surface area contributed by atoms with Crippen LogP contribution < -0.4 is 26.2 Å². The summed E-state index contributed by atoms with van der Waals surface area (Å²) in [5.41, 5.74) is 20.5. The van der Waals surface area contributed by atoms with Gasteiger partial charge in [-0.05, 0) is 135 Å². The first kappa shape index (κ1) is 37.5. The van der Waals surface area contributed by atoms with E-state index in [1.807, 2.05) is 11.3 Å². The molecule has 0 saturated carbocycles. The van der Waals surface area contributed by atoms with Crippen LogP contribution in [0.5, 0.6) is 0 Å². The van der Waals surface area contributed by atoms with Gasteiger partial charge in [0.15, 0.2) is 0 Å². The van der Waals surface area contributed by atoms with Crippen molar-refractivity contribution in [2.45, 2.75) is 118 Å². The Hall–Kier alpha value is -4.80. The third-order valence-electron chi connectivity index (χ3n) is 14.1. The van der Waals surface area contributed by atoms with Crippen molar-refractivity contribution in [3.8, 4) is 0 Å². The van der Waals surface area contributed by atoms with E-state index in [0.717, 1.165) is 0 Å². The highest BCUT2D eigenvalue weighted by Gasteiger charge is 2.47. The normalized spacial score (nSPS) is 16.7. The summed E-state index contributed by atoms with van der Waals surface area (Å²) in [4.78, 5) is 5.34. The molecule has 58 heavy (non-hydrogen) atoms. The van der Waals surface area contributed by atoms with Gasteiger partial charge in [-0.1, -0.05) is 136 Å². The minimum atomic E-state index is -0.0821. The summed E-state index contributed by atoms with van der Waals surface area (Å²) in [7, 11) is 0. The molecule has 7 aromatic rings. The fraction of sp³-hybridized carbons (Fsp3) is 0.333.